The van der Waals surface area contributed by atoms with Crippen LogP contribution >= 0.6 is 0 Å². The van der Waals surface area contributed by atoms with Crippen molar-refractivity contribution in [3.63, 3.8) is 0 Å². The van der Waals surface area contributed by atoms with Gasteiger partial charge >= 0.3 is 0 Å². The smallest absolute Gasteiger partial charge is 0.162 e. The van der Waals surface area contributed by atoms with Crippen LogP contribution < -0.4 is 28.4 Å². The first-order valence-electron chi connectivity index (χ1n) is 26.4. The third-order valence-electron chi connectivity index (χ3n) is 11.8. The van der Waals surface area contributed by atoms with Crippen molar-refractivity contribution in [1.82, 2.24) is 0 Å². The van der Waals surface area contributed by atoms with Crippen LogP contribution in [0, 0.1) is 35.5 Å². The molecule has 0 aliphatic heterocycles. The van der Waals surface area contributed by atoms with Crippen LogP contribution in [-0.4, -0.2) is 39.6 Å². The maximum atomic E-state index is 6.51. The van der Waals surface area contributed by atoms with E-state index in [2.05, 4.69) is 77.1 Å². The second kappa shape index (κ2) is 33.6. The van der Waals surface area contributed by atoms with Crippen LogP contribution in [0.5, 0.6) is 34.5 Å². The Morgan fingerprint density at radius 3 is 0.515 bits per heavy atom. The number of fused-ring (bicyclic) bond motifs is 3. The number of hydrogen-bond donors (Lipinski definition) is 0. The molecule has 0 fully saturated rings. The summed E-state index contributed by atoms with van der Waals surface area (Å²) in [6.45, 7) is 17.0. The molecule has 1 aliphatic carbocycles. The topological polar surface area (TPSA) is 55.4 Å². The van der Waals surface area contributed by atoms with Crippen molar-refractivity contribution in [1.29, 1.82) is 0 Å². The average Bonchev–Trinajstić information content (AvgIpc) is 3.32. The van der Waals surface area contributed by atoms with E-state index in [0.717, 1.165) is 110 Å². The maximum absolute atomic E-state index is 6.51. The fourth-order valence-corrected chi connectivity index (χ4v) is 7.65. The number of hydrogen-bond acceptors (Lipinski definition) is 6. The SMILES string of the molecule is CCCCCCOc1cc2c(cc1OCCCCCC)C#Cc1cc(OCCCCCC)c(OCCCCCC)cc1C#Cc1cc(OCCCCCC)c(OCCCCCC)cc1C#C2. The second-order valence-electron chi connectivity index (χ2n) is 17.7. The van der Waals surface area contributed by atoms with Gasteiger partial charge in [0.25, 0.3) is 0 Å². The van der Waals surface area contributed by atoms with Crippen LogP contribution in [0.2, 0.25) is 0 Å². The summed E-state index contributed by atoms with van der Waals surface area (Å²) in [5, 5.41) is 0. The van der Waals surface area contributed by atoms with E-state index in [1.54, 1.807) is 0 Å². The Balaban J connectivity index is 1.93. The van der Waals surface area contributed by atoms with Crippen LogP contribution in [0.3, 0.4) is 0 Å². The van der Waals surface area contributed by atoms with Gasteiger partial charge < -0.3 is 28.4 Å². The van der Waals surface area contributed by atoms with Crippen molar-refractivity contribution in [2.24, 2.45) is 0 Å². The molecule has 360 valence electrons. The molecular weight excluding hydrogens is 817 g/mol. The molecule has 6 nitrogen and oxygen atoms in total. The Labute approximate surface area is 402 Å². The maximum Gasteiger partial charge on any atom is 0.162 e. The van der Waals surface area contributed by atoms with E-state index in [1.165, 1.54) is 77.0 Å². The molecule has 0 spiro atoms. The van der Waals surface area contributed by atoms with E-state index in [9.17, 15) is 0 Å². The first kappa shape index (κ1) is 53.8. The predicted molar refractivity (Wildman–Crippen MR) is 275 cm³/mol. The molecular formula is C60H84O6. The van der Waals surface area contributed by atoms with E-state index < -0.39 is 0 Å². The van der Waals surface area contributed by atoms with Gasteiger partial charge in [0.15, 0.2) is 34.5 Å². The summed E-state index contributed by atoms with van der Waals surface area (Å²) >= 11 is 0. The van der Waals surface area contributed by atoms with Crippen molar-refractivity contribution >= 4 is 0 Å². The Bertz CT molecular complexity index is 1660. The standard InChI is InChI=1S/C60H84O6/c1-7-13-19-25-37-61-55-43-49-31-32-51-45-57(63-39-27-21-15-9-3)59(65-41-29-23-17-11-5)47-53(51)35-36-54-48-60(66-42-30-24-18-12-6)58(64-40-28-22-16-10-4)46-52(54)34-33-50(49)44-56(55)62-38-26-20-14-8-2/h43-48H,7-30,37-42H2,1-6H3. The van der Waals surface area contributed by atoms with Crippen LogP contribution in [0.25, 0.3) is 0 Å². The molecule has 66 heavy (non-hydrogen) atoms. The molecule has 1 aliphatic rings. The highest BCUT2D eigenvalue weighted by molar-refractivity contribution is 5.67. The van der Waals surface area contributed by atoms with E-state index in [-0.39, 0.29) is 0 Å². The first-order chi connectivity index (χ1) is 32.5. The van der Waals surface area contributed by atoms with Gasteiger partial charge in [-0.2, -0.15) is 0 Å². The number of unbranched alkanes of at least 4 members (excludes halogenated alkanes) is 18. The Hall–Kier alpha value is -4.86. The van der Waals surface area contributed by atoms with E-state index in [4.69, 9.17) is 28.4 Å². The highest BCUT2D eigenvalue weighted by Gasteiger charge is 2.17. The molecule has 0 radical (unpaired) electrons. The molecule has 6 heteroatoms. The van der Waals surface area contributed by atoms with Crippen molar-refractivity contribution < 1.29 is 28.4 Å². The van der Waals surface area contributed by atoms with Crippen molar-refractivity contribution in [3.8, 4) is 70.0 Å². The van der Waals surface area contributed by atoms with Gasteiger partial charge in [-0.1, -0.05) is 193 Å². The van der Waals surface area contributed by atoms with Gasteiger partial charge in [-0.05, 0) is 38.5 Å². The highest BCUT2D eigenvalue weighted by Crippen LogP contribution is 2.36. The average molecular weight is 901 g/mol. The molecule has 0 bridgehead atoms. The van der Waals surface area contributed by atoms with Gasteiger partial charge in [0.1, 0.15) is 0 Å². The van der Waals surface area contributed by atoms with Crippen molar-refractivity contribution in [2.45, 2.75) is 196 Å². The minimum Gasteiger partial charge on any atom is -0.490 e. The molecule has 4 rings (SSSR count). The molecule has 0 amide bonds. The van der Waals surface area contributed by atoms with E-state index in [1.807, 2.05) is 36.4 Å². The quantitative estimate of drug-likeness (QED) is 0.0335. The van der Waals surface area contributed by atoms with Crippen molar-refractivity contribution in [2.75, 3.05) is 39.6 Å². The molecule has 0 saturated heterocycles. The van der Waals surface area contributed by atoms with Gasteiger partial charge in [-0.25, -0.2) is 0 Å². The summed E-state index contributed by atoms with van der Waals surface area (Å²) in [5.41, 5.74) is 4.60. The molecule has 0 aromatic heterocycles. The normalized spacial score (nSPS) is 11.2. The molecule has 3 aromatic rings. The summed E-state index contributed by atoms with van der Waals surface area (Å²) in [6.07, 6.45) is 26.8. The van der Waals surface area contributed by atoms with E-state index >= 15 is 0 Å². The monoisotopic (exact) mass is 901 g/mol. The number of rotatable bonds is 36. The zero-order chi connectivity index (χ0) is 46.9. The third-order valence-corrected chi connectivity index (χ3v) is 11.8. The third kappa shape index (κ3) is 19.9. The molecule has 0 saturated carbocycles. The summed E-state index contributed by atoms with van der Waals surface area (Å²) in [7, 11) is 0. The van der Waals surface area contributed by atoms with Crippen LogP contribution in [0.4, 0.5) is 0 Å². The fourth-order valence-electron chi connectivity index (χ4n) is 7.65. The summed E-state index contributed by atoms with van der Waals surface area (Å²) < 4.78 is 39.1. The van der Waals surface area contributed by atoms with Crippen LogP contribution in [0.1, 0.15) is 229 Å². The molecule has 3 aromatic carbocycles. The fraction of sp³-hybridized carbons (Fsp3) is 0.600. The van der Waals surface area contributed by atoms with E-state index in [0.29, 0.717) is 74.1 Å². The summed E-state index contributed by atoms with van der Waals surface area (Å²) in [4.78, 5) is 0. The largest absolute Gasteiger partial charge is 0.490 e. The predicted octanol–water partition coefficient (Wildman–Crippen LogP) is 16.0. The van der Waals surface area contributed by atoms with Crippen LogP contribution in [-0.2, 0) is 0 Å². The Morgan fingerprint density at radius 1 is 0.227 bits per heavy atom. The zero-order valence-electron chi connectivity index (χ0n) is 42.1. The van der Waals surface area contributed by atoms with Gasteiger partial charge in [0, 0.05) is 69.8 Å². The lowest BCUT2D eigenvalue weighted by Crippen LogP contribution is -2.05. The summed E-state index contributed by atoms with van der Waals surface area (Å²) in [5.74, 6) is 25.4. The second-order valence-corrected chi connectivity index (χ2v) is 17.7. The Kier molecular flexibility index (Phi) is 27.4. The van der Waals surface area contributed by atoms with Gasteiger partial charge in [0.05, 0.1) is 39.6 Å². The zero-order valence-corrected chi connectivity index (χ0v) is 42.1. The lowest BCUT2D eigenvalue weighted by molar-refractivity contribution is 0.258. The number of ether oxygens (including phenoxy) is 6. The highest BCUT2D eigenvalue weighted by atomic mass is 16.5. The summed E-state index contributed by atoms with van der Waals surface area (Å²) in [6, 6.07) is 12.1. The lowest BCUT2D eigenvalue weighted by Gasteiger charge is -2.16. The first-order valence-corrected chi connectivity index (χ1v) is 26.4. The molecule has 0 unspecified atom stereocenters. The Morgan fingerprint density at radius 2 is 0.379 bits per heavy atom. The number of benzene rings is 3. The molecule has 0 N–H and O–H groups in total. The van der Waals surface area contributed by atoms with Crippen LogP contribution in [0.15, 0.2) is 36.4 Å². The molecule has 0 heterocycles. The molecule has 0 atom stereocenters. The van der Waals surface area contributed by atoms with Gasteiger partial charge in [-0.3, -0.25) is 0 Å². The van der Waals surface area contributed by atoms with Gasteiger partial charge in [0.2, 0.25) is 0 Å². The minimum atomic E-state index is 0.611. The van der Waals surface area contributed by atoms with Gasteiger partial charge in [-0.15, -0.1) is 0 Å². The minimum absolute atomic E-state index is 0.611. The lowest BCUT2D eigenvalue weighted by atomic mass is 10.0. The van der Waals surface area contributed by atoms with Crippen molar-refractivity contribution in [3.05, 3.63) is 69.8 Å².